The van der Waals surface area contributed by atoms with Gasteiger partial charge in [0, 0.05) is 34.6 Å². The van der Waals surface area contributed by atoms with E-state index in [1.54, 1.807) is 6.92 Å². The van der Waals surface area contributed by atoms with Gasteiger partial charge in [-0.25, -0.2) is 0 Å². The molecule has 0 spiro atoms. The molecule has 174 valence electrons. The topological polar surface area (TPSA) is 222 Å². The number of ether oxygens (including phenoxy) is 1. The van der Waals surface area contributed by atoms with Crippen LogP contribution in [-0.2, 0) is 24.0 Å². The number of carboxylic acid groups (broad SMARTS) is 5. The summed E-state index contributed by atoms with van der Waals surface area (Å²) in [6.07, 6.45) is -0.234. The minimum Gasteiger partial charge on any atom is -0.481 e. The van der Waals surface area contributed by atoms with Crippen LogP contribution >= 0.6 is 0 Å². The van der Waals surface area contributed by atoms with Crippen LogP contribution in [0.15, 0.2) is 30.3 Å². The van der Waals surface area contributed by atoms with E-state index in [9.17, 15) is 0 Å². The lowest BCUT2D eigenvalue weighted by Crippen LogP contribution is -2.22. The number of carboxylic acids is 5. The van der Waals surface area contributed by atoms with E-state index < -0.39 is 29.8 Å². The molecule has 12 nitrogen and oxygen atoms in total. The Morgan fingerprint density at radius 2 is 0.867 bits per heavy atom. The molecular formula is C18H31NO11. The molecule has 0 aromatic heterocycles. The third-order valence-electron chi connectivity index (χ3n) is 1.07. The van der Waals surface area contributed by atoms with Crippen molar-refractivity contribution in [2.45, 2.75) is 47.8 Å². The van der Waals surface area contributed by atoms with Crippen LogP contribution in [-0.4, -0.2) is 61.6 Å². The van der Waals surface area contributed by atoms with E-state index >= 15 is 0 Å². The van der Waals surface area contributed by atoms with Gasteiger partial charge in [-0.05, 0) is 19.1 Å². The summed E-state index contributed by atoms with van der Waals surface area (Å²) in [6, 6.07) is 9.52. The molecule has 1 aromatic rings. The maximum absolute atomic E-state index is 9.00. The van der Waals surface area contributed by atoms with Crippen molar-refractivity contribution < 1.29 is 54.2 Å². The molecule has 0 aliphatic rings. The van der Waals surface area contributed by atoms with Crippen molar-refractivity contribution in [3.63, 3.8) is 0 Å². The zero-order chi connectivity index (χ0) is 25.3. The van der Waals surface area contributed by atoms with E-state index in [2.05, 4.69) is 0 Å². The first-order chi connectivity index (χ1) is 13.4. The second kappa shape index (κ2) is 27.5. The summed E-state index contributed by atoms with van der Waals surface area (Å²) in [6.45, 7) is 7.22. The van der Waals surface area contributed by atoms with Crippen LogP contribution < -0.4 is 10.5 Å². The van der Waals surface area contributed by atoms with Gasteiger partial charge >= 0.3 is 0 Å². The minimum absolute atomic E-state index is 0.234. The standard InChI is InChI=1S/C8H11NO.5C2H4O2/c1-7(9)10-8-5-3-2-4-6-8;5*1-2(3)4/h2-7H,9H2,1H3;5*1H3,(H,3,4). The highest BCUT2D eigenvalue weighted by Gasteiger charge is 1.93. The molecule has 30 heavy (non-hydrogen) atoms. The first-order valence-electron chi connectivity index (χ1n) is 7.90. The predicted molar refractivity (Wildman–Crippen MR) is 107 cm³/mol. The highest BCUT2D eigenvalue weighted by atomic mass is 16.5. The molecular weight excluding hydrogens is 406 g/mol. The summed E-state index contributed by atoms with van der Waals surface area (Å²) < 4.78 is 5.19. The maximum atomic E-state index is 9.00. The van der Waals surface area contributed by atoms with Gasteiger partial charge < -0.3 is 30.3 Å². The smallest absolute Gasteiger partial charge is 0.300 e. The number of hydrogen-bond donors (Lipinski definition) is 6. The van der Waals surface area contributed by atoms with Crippen LogP contribution in [0.5, 0.6) is 5.75 Å². The Kier molecular flexibility index (Phi) is 34.1. The summed E-state index contributed by atoms with van der Waals surface area (Å²) >= 11 is 0. The molecule has 0 aliphatic heterocycles. The second-order valence-electron chi connectivity index (χ2n) is 4.73. The minimum atomic E-state index is -0.833. The molecule has 1 unspecified atom stereocenters. The molecule has 0 bridgehead atoms. The van der Waals surface area contributed by atoms with Crippen LogP contribution in [0.1, 0.15) is 41.5 Å². The summed E-state index contributed by atoms with van der Waals surface area (Å²) in [5, 5.41) is 37.1. The van der Waals surface area contributed by atoms with Gasteiger partial charge in [-0.15, -0.1) is 0 Å². The molecule has 0 fully saturated rings. The van der Waals surface area contributed by atoms with Gasteiger partial charge in [-0.3, -0.25) is 29.7 Å². The van der Waals surface area contributed by atoms with Gasteiger partial charge in [-0.1, -0.05) is 18.2 Å². The van der Waals surface area contributed by atoms with Crippen molar-refractivity contribution >= 4 is 29.8 Å². The zero-order valence-corrected chi connectivity index (χ0v) is 17.7. The lowest BCUT2D eigenvalue weighted by molar-refractivity contribution is -0.135. The fourth-order valence-electron chi connectivity index (χ4n) is 0.714. The van der Waals surface area contributed by atoms with Crippen molar-refractivity contribution in [3.05, 3.63) is 30.3 Å². The zero-order valence-electron chi connectivity index (χ0n) is 17.7. The van der Waals surface area contributed by atoms with Gasteiger partial charge in [0.25, 0.3) is 29.8 Å². The molecule has 1 aromatic carbocycles. The van der Waals surface area contributed by atoms with Gasteiger partial charge in [0.15, 0.2) is 0 Å². The molecule has 7 N–H and O–H groups in total. The Morgan fingerprint density at radius 3 is 1.03 bits per heavy atom. The van der Waals surface area contributed by atoms with Crippen LogP contribution in [0, 0.1) is 0 Å². The van der Waals surface area contributed by atoms with E-state index in [1.807, 2.05) is 30.3 Å². The Bertz CT molecular complexity index is 497. The average Bonchev–Trinajstić information content (AvgIpc) is 2.44. The molecule has 0 saturated heterocycles. The lowest BCUT2D eigenvalue weighted by atomic mass is 10.3. The SMILES string of the molecule is CC(=O)O.CC(=O)O.CC(=O)O.CC(=O)O.CC(=O)O.CC(N)Oc1ccccc1. The van der Waals surface area contributed by atoms with E-state index in [1.165, 1.54) is 0 Å². The monoisotopic (exact) mass is 437 g/mol. The summed E-state index contributed by atoms with van der Waals surface area (Å²) in [4.78, 5) is 45.0. The Morgan fingerprint density at radius 1 is 0.667 bits per heavy atom. The second-order valence-corrected chi connectivity index (χ2v) is 4.73. The number of aliphatic carboxylic acids is 5. The van der Waals surface area contributed by atoms with Gasteiger partial charge in [0.2, 0.25) is 0 Å². The molecule has 1 rings (SSSR count). The predicted octanol–water partition coefficient (Wildman–Crippen LogP) is 1.82. The number of nitrogens with two attached hydrogens (primary N) is 1. The van der Waals surface area contributed by atoms with Crippen molar-refractivity contribution in [2.75, 3.05) is 0 Å². The van der Waals surface area contributed by atoms with Crippen LogP contribution in [0.25, 0.3) is 0 Å². The van der Waals surface area contributed by atoms with Gasteiger partial charge in [-0.2, -0.15) is 0 Å². The normalized spacial score (nSPS) is 8.37. The molecule has 0 amide bonds. The molecule has 0 saturated carbocycles. The first kappa shape index (κ1) is 37.1. The molecule has 0 heterocycles. The van der Waals surface area contributed by atoms with Gasteiger partial charge in [0.1, 0.15) is 12.0 Å². The number of hydrogen-bond acceptors (Lipinski definition) is 7. The maximum Gasteiger partial charge on any atom is 0.300 e. The van der Waals surface area contributed by atoms with Gasteiger partial charge in [0.05, 0.1) is 0 Å². The van der Waals surface area contributed by atoms with E-state index in [0.29, 0.717) is 0 Å². The fraction of sp³-hybridized carbons (Fsp3) is 0.389. The van der Waals surface area contributed by atoms with Crippen molar-refractivity contribution in [3.8, 4) is 5.75 Å². The summed E-state index contributed by atoms with van der Waals surface area (Å²) in [5.74, 6) is -3.35. The number of carbonyl (C=O) groups is 5. The van der Waals surface area contributed by atoms with E-state index in [4.69, 9.17) is 60.0 Å². The summed E-state index contributed by atoms with van der Waals surface area (Å²) in [7, 11) is 0. The van der Waals surface area contributed by atoms with Crippen molar-refractivity contribution in [1.82, 2.24) is 0 Å². The van der Waals surface area contributed by atoms with Crippen LogP contribution in [0.4, 0.5) is 0 Å². The molecule has 1 atom stereocenters. The lowest BCUT2D eigenvalue weighted by Gasteiger charge is -2.07. The van der Waals surface area contributed by atoms with Crippen molar-refractivity contribution in [2.24, 2.45) is 5.73 Å². The third-order valence-corrected chi connectivity index (χ3v) is 1.07. The summed E-state index contributed by atoms with van der Waals surface area (Å²) in [5.41, 5.74) is 5.40. The Labute approximate surface area is 174 Å². The van der Waals surface area contributed by atoms with Crippen LogP contribution in [0.2, 0.25) is 0 Å². The Balaban J connectivity index is -0.0000000897. The highest BCUT2D eigenvalue weighted by molar-refractivity contribution is 5.63. The molecule has 0 aliphatic carbocycles. The highest BCUT2D eigenvalue weighted by Crippen LogP contribution is 2.08. The quantitative estimate of drug-likeness (QED) is 0.364. The van der Waals surface area contributed by atoms with Crippen molar-refractivity contribution in [1.29, 1.82) is 0 Å². The molecule has 0 radical (unpaired) electrons. The largest absolute Gasteiger partial charge is 0.481 e. The molecule has 12 heteroatoms. The number of benzene rings is 1. The van der Waals surface area contributed by atoms with E-state index in [0.717, 1.165) is 40.4 Å². The fourth-order valence-corrected chi connectivity index (χ4v) is 0.714. The number of rotatable bonds is 2. The third kappa shape index (κ3) is 191. The Hall–Kier alpha value is -3.67. The van der Waals surface area contributed by atoms with E-state index in [-0.39, 0.29) is 6.23 Å². The number of para-hydroxylation sites is 1. The average molecular weight is 437 g/mol. The first-order valence-corrected chi connectivity index (χ1v) is 7.90. The van der Waals surface area contributed by atoms with Crippen LogP contribution in [0.3, 0.4) is 0 Å².